The van der Waals surface area contributed by atoms with E-state index in [0.29, 0.717) is 10.5 Å². The van der Waals surface area contributed by atoms with Gasteiger partial charge in [-0.05, 0) is 29.9 Å². The minimum Gasteiger partial charge on any atom is -0.423 e. The van der Waals surface area contributed by atoms with Crippen molar-refractivity contribution in [1.29, 1.82) is 0 Å². The van der Waals surface area contributed by atoms with Crippen LogP contribution in [-0.2, 0) is 6.42 Å². The molecule has 0 saturated heterocycles. The quantitative estimate of drug-likeness (QED) is 0.693. The van der Waals surface area contributed by atoms with Crippen molar-refractivity contribution in [3.05, 3.63) is 28.3 Å². The van der Waals surface area contributed by atoms with Crippen LogP contribution < -0.4 is 5.46 Å². The van der Waals surface area contributed by atoms with Crippen molar-refractivity contribution >= 4 is 24.2 Å². The zero-order valence-corrected chi connectivity index (χ0v) is 8.47. The molecule has 0 heterocycles. The van der Waals surface area contributed by atoms with Crippen molar-refractivity contribution in [3.8, 4) is 0 Å². The first-order valence-electron chi connectivity index (χ1n) is 4.21. The molecule has 0 spiro atoms. The lowest BCUT2D eigenvalue weighted by atomic mass is 9.78. The second-order valence-corrected chi connectivity index (χ2v) is 3.42. The largest absolute Gasteiger partial charge is 0.488 e. The second kappa shape index (κ2) is 4.14. The summed E-state index contributed by atoms with van der Waals surface area (Å²) in [4.78, 5) is 0. The van der Waals surface area contributed by atoms with Gasteiger partial charge >= 0.3 is 7.12 Å². The molecule has 0 aliphatic heterocycles. The summed E-state index contributed by atoms with van der Waals surface area (Å²) in [5.41, 5.74) is 2.33. The molecule has 0 saturated carbocycles. The van der Waals surface area contributed by atoms with Gasteiger partial charge in [0.05, 0.1) is 0 Å². The molecule has 0 atom stereocenters. The maximum absolute atomic E-state index is 8.97. The standard InChI is InChI=1S/C9H12BClO2/c1-3-7-5-8(10(12)13)4-6(2)9(7)11/h4-5,12-13H,3H2,1-2H3. The normalized spacial score (nSPS) is 10.2. The summed E-state index contributed by atoms with van der Waals surface area (Å²) < 4.78 is 0. The van der Waals surface area contributed by atoms with E-state index in [2.05, 4.69) is 0 Å². The Labute approximate surface area is 83.3 Å². The van der Waals surface area contributed by atoms with Gasteiger partial charge in [0.1, 0.15) is 0 Å². The van der Waals surface area contributed by atoms with Crippen molar-refractivity contribution in [3.63, 3.8) is 0 Å². The summed E-state index contributed by atoms with van der Waals surface area (Å²) in [5, 5.41) is 18.7. The maximum atomic E-state index is 8.97. The number of rotatable bonds is 2. The molecular formula is C9H12BClO2. The molecule has 0 radical (unpaired) electrons. The summed E-state index contributed by atoms with van der Waals surface area (Å²) in [7, 11) is -1.42. The molecule has 4 heteroatoms. The molecule has 2 N–H and O–H groups in total. The van der Waals surface area contributed by atoms with Crippen LogP contribution in [0.15, 0.2) is 12.1 Å². The first kappa shape index (κ1) is 10.6. The van der Waals surface area contributed by atoms with E-state index in [0.717, 1.165) is 17.5 Å². The van der Waals surface area contributed by atoms with Crippen LogP contribution in [0.25, 0.3) is 0 Å². The van der Waals surface area contributed by atoms with E-state index < -0.39 is 7.12 Å². The summed E-state index contributed by atoms with van der Waals surface area (Å²) in [5.74, 6) is 0. The SMILES string of the molecule is CCc1cc(B(O)O)cc(C)c1Cl. The van der Waals surface area contributed by atoms with Crippen molar-refractivity contribution in [2.45, 2.75) is 20.3 Å². The van der Waals surface area contributed by atoms with E-state index >= 15 is 0 Å². The minimum absolute atomic E-state index is 0.499. The molecule has 1 aromatic carbocycles. The molecule has 2 nitrogen and oxygen atoms in total. The highest BCUT2D eigenvalue weighted by Crippen LogP contribution is 2.19. The van der Waals surface area contributed by atoms with Gasteiger partial charge in [0.15, 0.2) is 0 Å². The van der Waals surface area contributed by atoms with Gasteiger partial charge in [-0.25, -0.2) is 0 Å². The monoisotopic (exact) mass is 198 g/mol. The minimum atomic E-state index is -1.42. The maximum Gasteiger partial charge on any atom is 0.488 e. The number of benzene rings is 1. The van der Waals surface area contributed by atoms with Crippen LogP contribution in [0.3, 0.4) is 0 Å². The van der Waals surface area contributed by atoms with Gasteiger partial charge in [0.2, 0.25) is 0 Å². The average Bonchev–Trinajstić information content (AvgIpc) is 2.09. The first-order valence-corrected chi connectivity index (χ1v) is 4.59. The third-order valence-corrected chi connectivity index (χ3v) is 2.57. The van der Waals surface area contributed by atoms with Crippen molar-refractivity contribution in [2.75, 3.05) is 0 Å². The fraction of sp³-hybridized carbons (Fsp3) is 0.333. The van der Waals surface area contributed by atoms with Crippen molar-refractivity contribution < 1.29 is 10.0 Å². The smallest absolute Gasteiger partial charge is 0.423 e. The Bertz CT molecular complexity index is 313. The van der Waals surface area contributed by atoms with Gasteiger partial charge in [-0.1, -0.05) is 30.7 Å². The van der Waals surface area contributed by atoms with Crippen molar-refractivity contribution in [1.82, 2.24) is 0 Å². The Hall–Kier alpha value is -0.505. The van der Waals surface area contributed by atoms with E-state index in [1.54, 1.807) is 12.1 Å². The van der Waals surface area contributed by atoms with Crippen LogP contribution >= 0.6 is 11.6 Å². The van der Waals surface area contributed by atoms with Crippen LogP contribution in [0.4, 0.5) is 0 Å². The van der Waals surface area contributed by atoms with Gasteiger partial charge in [-0.3, -0.25) is 0 Å². The van der Waals surface area contributed by atoms with Gasteiger partial charge in [0.25, 0.3) is 0 Å². The topological polar surface area (TPSA) is 40.5 Å². The lowest BCUT2D eigenvalue weighted by Crippen LogP contribution is -2.30. The third-order valence-electron chi connectivity index (χ3n) is 2.03. The Morgan fingerprint density at radius 3 is 2.46 bits per heavy atom. The van der Waals surface area contributed by atoms with E-state index in [9.17, 15) is 0 Å². The molecule has 70 valence electrons. The number of hydrogen-bond donors (Lipinski definition) is 2. The van der Waals surface area contributed by atoms with Crippen LogP contribution in [0.5, 0.6) is 0 Å². The van der Waals surface area contributed by atoms with E-state index in [-0.39, 0.29) is 0 Å². The molecule has 13 heavy (non-hydrogen) atoms. The van der Waals surface area contributed by atoms with E-state index in [4.69, 9.17) is 21.6 Å². The molecule has 0 amide bonds. The summed E-state index contributed by atoms with van der Waals surface area (Å²) in [6.07, 6.45) is 0.792. The highest BCUT2D eigenvalue weighted by atomic mass is 35.5. The molecule has 0 unspecified atom stereocenters. The Kier molecular flexibility index (Phi) is 3.36. The zero-order chi connectivity index (χ0) is 10.0. The molecule has 1 rings (SSSR count). The highest BCUT2D eigenvalue weighted by molar-refractivity contribution is 6.58. The molecule has 0 bridgehead atoms. The number of hydrogen-bond acceptors (Lipinski definition) is 2. The molecular weight excluding hydrogens is 186 g/mol. The number of halogens is 1. The predicted molar refractivity (Wildman–Crippen MR) is 55.4 cm³/mol. The van der Waals surface area contributed by atoms with Gasteiger partial charge < -0.3 is 10.0 Å². The molecule has 0 fully saturated rings. The zero-order valence-electron chi connectivity index (χ0n) is 7.71. The Morgan fingerprint density at radius 2 is 2.00 bits per heavy atom. The highest BCUT2D eigenvalue weighted by Gasteiger charge is 2.14. The van der Waals surface area contributed by atoms with Crippen molar-refractivity contribution in [2.24, 2.45) is 0 Å². The first-order chi connectivity index (χ1) is 6.06. The summed E-state index contributed by atoms with van der Waals surface area (Å²) in [6.45, 7) is 3.83. The third kappa shape index (κ3) is 2.24. The summed E-state index contributed by atoms with van der Waals surface area (Å²) in [6, 6.07) is 3.41. The fourth-order valence-corrected chi connectivity index (χ4v) is 1.52. The van der Waals surface area contributed by atoms with Crippen LogP contribution in [-0.4, -0.2) is 17.2 Å². The molecule has 0 aliphatic carbocycles. The number of aryl methyl sites for hydroxylation is 2. The van der Waals surface area contributed by atoms with Crippen LogP contribution in [0.2, 0.25) is 5.02 Å². The van der Waals surface area contributed by atoms with Crippen LogP contribution in [0, 0.1) is 6.92 Å². The lowest BCUT2D eigenvalue weighted by molar-refractivity contribution is 0.425. The average molecular weight is 198 g/mol. The van der Waals surface area contributed by atoms with E-state index in [1.807, 2.05) is 13.8 Å². The second-order valence-electron chi connectivity index (χ2n) is 3.04. The Balaban J connectivity index is 3.22. The fourth-order valence-electron chi connectivity index (χ4n) is 1.28. The van der Waals surface area contributed by atoms with Crippen LogP contribution in [0.1, 0.15) is 18.1 Å². The molecule has 1 aromatic rings. The molecule has 0 aliphatic rings. The van der Waals surface area contributed by atoms with Gasteiger partial charge in [-0.15, -0.1) is 0 Å². The lowest BCUT2D eigenvalue weighted by Gasteiger charge is -2.08. The molecule has 0 aromatic heterocycles. The van der Waals surface area contributed by atoms with Gasteiger partial charge in [0, 0.05) is 5.02 Å². The predicted octanol–water partition coefficient (Wildman–Crippen LogP) is 0.891. The summed E-state index contributed by atoms with van der Waals surface area (Å²) >= 11 is 6.01. The van der Waals surface area contributed by atoms with Gasteiger partial charge in [-0.2, -0.15) is 0 Å². The Morgan fingerprint density at radius 1 is 1.38 bits per heavy atom. The van der Waals surface area contributed by atoms with E-state index in [1.165, 1.54) is 0 Å².